The first-order chi connectivity index (χ1) is 13.4. The molecule has 2 amide bonds. The Bertz CT molecular complexity index is 1040. The number of hydrazone groups is 1. The monoisotopic (exact) mass is 448 g/mol. The van der Waals surface area contributed by atoms with Crippen LogP contribution in [0, 0.1) is 0 Å². The van der Waals surface area contributed by atoms with Gasteiger partial charge in [0.1, 0.15) is 5.75 Å². The Labute approximate surface area is 168 Å². The van der Waals surface area contributed by atoms with E-state index in [0.29, 0.717) is 15.6 Å². The lowest BCUT2D eigenvalue weighted by molar-refractivity contribution is -0.136. The summed E-state index contributed by atoms with van der Waals surface area (Å²) in [7, 11) is -5.82. The topological polar surface area (TPSA) is 93.1 Å². The van der Waals surface area contributed by atoms with Gasteiger partial charge in [-0.3, -0.25) is 9.59 Å². The van der Waals surface area contributed by atoms with Gasteiger partial charge in [-0.1, -0.05) is 23.7 Å². The van der Waals surface area contributed by atoms with E-state index in [2.05, 4.69) is 9.28 Å². The molecule has 0 aromatic heterocycles. The van der Waals surface area contributed by atoms with Crippen LogP contribution in [0.2, 0.25) is 5.02 Å². The van der Waals surface area contributed by atoms with Crippen molar-refractivity contribution in [1.29, 1.82) is 0 Å². The van der Waals surface area contributed by atoms with Gasteiger partial charge >= 0.3 is 15.6 Å². The number of nitrogens with zero attached hydrogens (tertiary/aromatic N) is 2. The highest BCUT2D eigenvalue weighted by Gasteiger charge is 2.48. The summed E-state index contributed by atoms with van der Waals surface area (Å²) in [6.45, 7) is 1.11. The van der Waals surface area contributed by atoms with Crippen LogP contribution in [-0.2, 0) is 19.7 Å². The lowest BCUT2D eigenvalue weighted by Gasteiger charge is -2.13. The van der Waals surface area contributed by atoms with Crippen molar-refractivity contribution in [1.82, 2.24) is 5.01 Å². The number of halogens is 4. The Kier molecular flexibility index (Phi) is 6.65. The van der Waals surface area contributed by atoms with Crippen LogP contribution in [0.1, 0.15) is 18.1 Å². The van der Waals surface area contributed by atoms with E-state index in [1.807, 2.05) is 0 Å². The standard InChI is InChI=1S/C17H12ClF3N2O5S/c1-11(25)23(10-24)22-16(12-2-6-14(18)7-3-12)13-4-8-15(9-5-13)28-29(26,27)17(19,20)21/h2-10H,1H3. The summed E-state index contributed by atoms with van der Waals surface area (Å²) in [5.41, 5.74) is -4.78. The highest BCUT2D eigenvalue weighted by Crippen LogP contribution is 2.27. The zero-order valence-electron chi connectivity index (χ0n) is 14.6. The number of rotatable bonds is 6. The van der Waals surface area contributed by atoms with Gasteiger partial charge in [-0.05, 0) is 36.4 Å². The normalized spacial score (nSPS) is 12.4. The van der Waals surface area contributed by atoms with Crippen LogP contribution < -0.4 is 4.18 Å². The van der Waals surface area contributed by atoms with Gasteiger partial charge in [0.25, 0.3) is 0 Å². The van der Waals surface area contributed by atoms with Crippen LogP contribution in [0.3, 0.4) is 0 Å². The van der Waals surface area contributed by atoms with Gasteiger partial charge < -0.3 is 4.18 Å². The molecule has 2 rings (SSSR count). The van der Waals surface area contributed by atoms with Crippen molar-refractivity contribution < 1.29 is 35.4 Å². The Balaban J connectivity index is 2.47. The molecular formula is C17H12ClF3N2O5S. The molecule has 7 nitrogen and oxygen atoms in total. The van der Waals surface area contributed by atoms with Gasteiger partial charge in [0.2, 0.25) is 12.3 Å². The van der Waals surface area contributed by atoms with Crippen molar-refractivity contribution in [2.24, 2.45) is 5.10 Å². The molecule has 0 N–H and O–H groups in total. The van der Waals surface area contributed by atoms with E-state index in [-0.39, 0.29) is 17.7 Å². The quantitative estimate of drug-likeness (QED) is 0.222. The molecule has 2 aromatic rings. The van der Waals surface area contributed by atoms with Crippen LogP contribution in [-0.4, -0.2) is 37.0 Å². The van der Waals surface area contributed by atoms with E-state index in [0.717, 1.165) is 19.1 Å². The van der Waals surface area contributed by atoms with E-state index in [1.54, 1.807) is 12.1 Å². The van der Waals surface area contributed by atoms with Crippen LogP contribution >= 0.6 is 11.6 Å². The van der Waals surface area contributed by atoms with Crippen LogP contribution in [0.5, 0.6) is 5.75 Å². The van der Waals surface area contributed by atoms with E-state index in [9.17, 15) is 31.2 Å². The van der Waals surface area contributed by atoms with Gasteiger partial charge in [0.15, 0.2) is 0 Å². The molecule has 0 radical (unpaired) electrons. The Morgan fingerprint density at radius 3 is 1.97 bits per heavy atom. The third kappa shape index (κ3) is 5.55. The molecule has 0 aliphatic rings. The number of hydrogen-bond donors (Lipinski definition) is 0. The van der Waals surface area contributed by atoms with Crippen molar-refractivity contribution in [3.05, 3.63) is 64.7 Å². The van der Waals surface area contributed by atoms with Crippen molar-refractivity contribution in [3.63, 3.8) is 0 Å². The predicted octanol–water partition coefficient (Wildman–Crippen LogP) is 3.33. The SMILES string of the molecule is CC(=O)N(C=O)N=C(c1ccc(Cl)cc1)c1ccc(OS(=O)(=O)C(F)(F)F)cc1. The predicted molar refractivity (Wildman–Crippen MR) is 97.7 cm³/mol. The van der Waals surface area contributed by atoms with Crippen molar-refractivity contribution in [2.45, 2.75) is 12.4 Å². The van der Waals surface area contributed by atoms with E-state index in [4.69, 9.17) is 11.6 Å². The largest absolute Gasteiger partial charge is 0.534 e. The molecule has 0 atom stereocenters. The summed E-state index contributed by atoms with van der Waals surface area (Å²) in [6.07, 6.45) is 0.186. The highest BCUT2D eigenvalue weighted by atomic mass is 35.5. The lowest BCUT2D eigenvalue weighted by Crippen LogP contribution is -2.28. The first-order valence-electron chi connectivity index (χ1n) is 7.65. The van der Waals surface area contributed by atoms with Crippen molar-refractivity contribution in [2.75, 3.05) is 0 Å². The first kappa shape index (κ1) is 22.4. The number of alkyl halides is 3. The van der Waals surface area contributed by atoms with Gasteiger partial charge in [0, 0.05) is 23.1 Å². The zero-order chi connectivity index (χ0) is 21.8. The third-order valence-corrected chi connectivity index (χ3v) is 4.60. The average molecular weight is 449 g/mol. The summed E-state index contributed by atoms with van der Waals surface area (Å²) in [5, 5.41) is 4.90. The fraction of sp³-hybridized carbons (Fsp3) is 0.118. The summed E-state index contributed by atoms with van der Waals surface area (Å²) in [6, 6.07) is 10.5. The Morgan fingerprint density at radius 2 is 1.55 bits per heavy atom. The summed E-state index contributed by atoms with van der Waals surface area (Å²) in [4.78, 5) is 22.6. The average Bonchev–Trinajstić information content (AvgIpc) is 2.63. The minimum absolute atomic E-state index is 0.106. The molecule has 0 aliphatic heterocycles. The minimum atomic E-state index is -5.82. The number of carbonyl (C=O) groups is 2. The maximum absolute atomic E-state index is 12.4. The number of benzene rings is 2. The number of amides is 2. The molecule has 29 heavy (non-hydrogen) atoms. The van der Waals surface area contributed by atoms with Gasteiger partial charge in [-0.15, -0.1) is 0 Å². The summed E-state index contributed by atoms with van der Waals surface area (Å²) < 4.78 is 63.5. The molecule has 0 unspecified atom stereocenters. The molecule has 2 aromatic carbocycles. The second-order valence-electron chi connectivity index (χ2n) is 5.43. The van der Waals surface area contributed by atoms with E-state index < -0.39 is 27.3 Å². The van der Waals surface area contributed by atoms with Crippen molar-refractivity contribution >= 4 is 39.7 Å². The Morgan fingerprint density at radius 1 is 1.07 bits per heavy atom. The summed E-state index contributed by atoms with van der Waals surface area (Å²) >= 11 is 5.84. The number of imide groups is 1. The fourth-order valence-electron chi connectivity index (χ4n) is 2.01. The lowest BCUT2D eigenvalue weighted by atomic mass is 10.0. The number of carbonyl (C=O) groups excluding carboxylic acids is 2. The van der Waals surface area contributed by atoms with Gasteiger partial charge in [-0.25, -0.2) is 0 Å². The summed E-state index contributed by atoms with van der Waals surface area (Å²) in [5.74, 6) is -1.26. The maximum Gasteiger partial charge on any atom is 0.534 e. The number of hydrogen-bond acceptors (Lipinski definition) is 6. The van der Waals surface area contributed by atoms with E-state index >= 15 is 0 Å². The smallest absolute Gasteiger partial charge is 0.376 e. The van der Waals surface area contributed by atoms with Gasteiger partial charge in [-0.2, -0.15) is 31.7 Å². The van der Waals surface area contributed by atoms with Crippen molar-refractivity contribution in [3.8, 4) is 5.75 Å². The fourth-order valence-corrected chi connectivity index (χ4v) is 2.59. The molecule has 0 fully saturated rings. The minimum Gasteiger partial charge on any atom is -0.376 e. The molecule has 0 saturated heterocycles. The third-order valence-electron chi connectivity index (χ3n) is 3.37. The second-order valence-corrected chi connectivity index (χ2v) is 7.41. The highest BCUT2D eigenvalue weighted by molar-refractivity contribution is 7.88. The molecule has 12 heteroatoms. The molecule has 0 aliphatic carbocycles. The molecule has 0 bridgehead atoms. The Hall–Kier alpha value is -2.92. The maximum atomic E-state index is 12.4. The van der Waals surface area contributed by atoms with Gasteiger partial charge in [0.05, 0.1) is 5.71 Å². The molecule has 154 valence electrons. The van der Waals surface area contributed by atoms with Crippen LogP contribution in [0.4, 0.5) is 13.2 Å². The molecular weight excluding hydrogens is 437 g/mol. The first-order valence-corrected chi connectivity index (χ1v) is 9.44. The zero-order valence-corrected chi connectivity index (χ0v) is 16.1. The van der Waals surface area contributed by atoms with E-state index in [1.165, 1.54) is 24.3 Å². The van der Waals surface area contributed by atoms with Crippen LogP contribution in [0.15, 0.2) is 53.6 Å². The van der Waals surface area contributed by atoms with Crippen LogP contribution in [0.25, 0.3) is 0 Å². The molecule has 0 saturated carbocycles. The molecule has 0 heterocycles. The molecule has 0 spiro atoms. The second kappa shape index (κ2) is 8.62.